The lowest BCUT2D eigenvalue weighted by Gasteiger charge is -1.98. The molecule has 1 N–H and O–H groups in total. The van der Waals surface area contributed by atoms with Crippen molar-refractivity contribution in [3.05, 3.63) is 35.6 Å². The monoisotopic (exact) mass is 248 g/mol. The van der Waals surface area contributed by atoms with Gasteiger partial charge in [0.2, 0.25) is 0 Å². The van der Waals surface area contributed by atoms with Gasteiger partial charge in [-0.2, -0.15) is 0 Å². The molecule has 15 heavy (non-hydrogen) atoms. The molecule has 2 unspecified atom stereocenters. The van der Waals surface area contributed by atoms with Crippen molar-refractivity contribution in [1.29, 1.82) is 0 Å². The van der Waals surface area contributed by atoms with Gasteiger partial charge in [-0.05, 0) is 17.7 Å². The summed E-state index contributed by atoms with van der Waals surface area (Å²) < 4.78 is 11.4. The minimum absolute atomic E-state index is 0.374. The molecular weight excluding hydrogens is 242 g/mol. The van der Waals surface area contributed by atoms with Gasteiger partial charge in [-0.25, -0.2) is 4.39 Å². The van der Waals surface area contributed by atoms with E-state index in [2.05, 4.69) is 0 Å². The molecule has 1 saturated carbocycles. The van der Waals surface area contributed by atoms with Crippen molar-refractivity contribution in [3.63, 3.8) is 0 Å². The summed E-state index contributed by atoms with van der Waals surface area (Å²) in [5, 5.41) is 8.83. The van der Waals surface area contributed by atoms with E-state index in [1.807, 2.05) is 0 Å². The van der Waals surface area contributed by atoms with E-state index in [9.17, 15) is 9.18 Å². The van der Waals surface area contributed by atoms with E-state index in [-0.39, 0.29) is 5.82 Å². The van der Waals surface area contributed by atoms with E-state index in [1.54, 1.807) is 0 Å². The molecule has 1 aromatic rings. The molecule has 1 fully saturated rings. The molecule has 80 valence electrons. The van der Waals surface area contributed by atoms with E-state index in [1.165, 1.54) is 24.3 Å². The van der Waals surface area contributed by atoms with Crippen LogP contribution in [0.1, 0.15) is 11.5 Å². The zero-order valence-electron chi connectivity index (χ0n) is 7.45. The molecule has 0 heterocycles. The highest BCUT2D eigenvalue weighted by molar-refractivity contribution is 6.53. The van der Waals surface area contributed by atoms with Gasteiger partial charge in [-0.15, -0.1) is 0 Å². The zero-order chi connectivity index (χ0) is 11.2. The predicted octanol–water partition coefficient (Wildman–Crippen LogP) is 2.80. The first-order valence-corrected chi connectivity index (χ1v) is 5.06. The SMILES string of the molecule is O=C(O)C1C(c2ccc(F)cc2)C1(Cl)Cl. The molecule has 0 radical (unpaired) electrons. The van der Waals surface area contributed by atoms with Crippen molar-refractivity contribution < 1.29 is 14.3 Å². The van der Waals surface area contributed by atoms with Crippen LogP contribution in [0, 0.1) is 11.7 Å². The molecule has 0 aliphatic heterocycles. The lowest BCUT2D eigenvalue weighted by Crippen LogP contribution is -2.03. The molecule has 0 bridgehead atoms. The van der Waals surface area contributed by atoms with Gasteiger partial charge >= 0.3 is 5.97 Å². The second kappa shape index (κ2) is 3.35. The van der Waals surface area contributed by atoms with Gasteiger partial charge in [0.15, 0.2) is 0 Å². The van der Waals surface area contributed by atoms with Crippen LogP contribution in [0.2, 0.25) is 0 Å². The summed E-state index contributed by atoms with van der Waals surface area (Å²) in [6.07, 6.45) is 0. The Morgan fingerprint density at radius 3 is 2.27 bits per heavy atom. The first-order chi connectivity index (χ1) is 6.94. The molecular formula is C10H7Cl2FO2. The third-order valence-corrected chi connectivity index (χ3v) is 3.49. The number of carbonyl (C=O) groups is 1. The van der Waals surface area contributed by atoms with Gasteiger partial charge < -0.3 is 5.11 Å². The third kappa shape index (κ3) is 1.70. The maximum atomic E-state index is 12.6. The van der Waals surface area contributed by atoms with Crippen LogP contribution in [0.5, 0.6) is 0 Å². The minimum atomic E-state index is -1.27. The summed E-state index contributed by atoms with van der Waals surface area (Å²) in [6.45, 7) is 0. The van der Waals surface area contributed by atoms with Crippen molar-refractivity contribution in [2.45, 2.75) is 10.3 Å². The molecule has 0 saturated heterocycles. The third-order valence-electron chi connectivity index (χ3n) is 2.55. The van der Waals surface area contributed by atoms with E-state index in [0.717, 1.165) is 0 Å². The summed E-state index contributed by atoms with van der Waals surface area (Å²) in [5.41, 5.74) is 0.647. The maximum absolute atomic E-state index is 12.6. The maximum Gasteiger partial charge on any atom is 0.310 e. The van der Waals surface area contributed by atoms with Gasteiger partial charge in [0.05, 0.1) is 5.92 Å². The number of hydrogen-bond acceptors (Lipinski definition) is 1. The summed E-state index contributed by atoms with van der Waals surface area (Å²) in [5.74, 6) is -2.68. The van der Waals surface area contributed by atoms with Crippen LogP contribution in [0.15, 0.2) is 24.3 Å². The zero-order valence-corrected chi connectivity index (χ0v) is 8.97. The summed E-state index contributed by atoms with van der Waals surface area (Å²) in [7, 11) is 0. The number of aliphatic carboxylic acids is 1. The Bertz CT molecular complexity index is 402. The van der Waals surface area contributed by atoms with Gasteiger partial charge in [0, 0.05) is 5.92 Å². The van der Waals surface area contributed by atoms with E-state index in [4.69, 9.17) is 28.3 Å². The standard InChI is InChI=1S/C10H7Cl2FO2/c11-10(12)7(8(10)9(14)15)5-1-3-6(13)4-2-5/h1-4,7-8H,(H,14,15). The summed E-state index contributed by atoms with van der Waals surface area (Å²) >= 11 is 11.7. The van der Waals surface area contributed by atoms with Crippen LogP contribution in [0.25, 0.3) is 0 Å². The van der Waals surface area contributed by atoms with Crippen molar-refractivity contribution in [3.8, 4) is 0 Å². The average Bonchev–Trinajstić information content (AvgIpc) is 2.70. The fraction of sp³-hybridized carbons (Fsp3) is 0.300. The van der Waals surface area contributed by atoms with Crippen molar-refractivity contribution >= 4 is 29.2 Å². The first kappa shape index (κ1) is 10.7. The van der Waals surface area contributed by atoms with E-state index < -0.39 is 22.1 Å². The Hall–Kier alpha value is -0.800. The van der Waals surface area contributed by atoms with Crippen molar-refractivity contribution in [2.24, 2.45) is 5.92 Å². The number of alkyl halides is 2. The number of halogens is 3. The number of benzene rings is 1. The highest BCUT2D eigenvalue weighted by Crippen LogP contribution is 2.64. The Kier molecular flexibility index (Phi) is 2.40. The first-order valence-electron chi connectivity index (χ1n) is 4.30. The van der Waals surface area contributed by atoms with Crippen molar-refractivity contribution in [1.82, 2.24) is 0 Å². The van der Waals surface area contributed by atoms with Crippen LogP contribution < -0.4 is 0 Å². The molecule has 2 nitrogen and oxygen atoms in total. The summed E-state index contributed by atoms with van der Waals surface area (Å²) in [4.78, 5) is 10.8. The van der Waals surface area contributed by atoms with Crippen molar-refractivity contribution in [2.75, 3.05) is 0 Å². The Labute approximate surface area is 95.6 Å². The number of carboxylic acid groups (broad SMARTS) is 1. The predicted molar refractivity (Wildman–Crippen MR) is 54.7 cm³/mol. The fourth-order valence-corrected chi connectivity index (χ4v) is 2.54. The topological polar surface area (TPSA) is 37.3 Å². The molecule has 2 rings (SSSR count). The smallest absolute Gasteiger partial charge is 0.310 e. The highest BCUT2D eigenvalue weighted by Gasteiger charge is 2.68. The van der Waals surface area contributed by atoms with E-state index >= 15 is 0 Å². The molecule has 1 aliphatic carbocycles. The second-order valence-corrected chi connectivity index (χ2v) is 4.96. The average molecular weight is 249 g/mol. The number of rotatable bonds is 2. The van der Waals surface area contributed by atoms with Gasteiger partial charge in [-0.3, -0.25) is 4.79 Å². The van der Waals surface area contributed by atoms with Crippen LogP contribution in [-0.4, -0.2) is 15.4 Å². The normalized spacial score (nSPS) is 27.4. The molecule has 0 amide bonds. The minimum Gasteiger partial charge on any atom is -0.481 e. The Morgan fingerprint density at radius 1 is 1.33 bits per heavy atom. The Balaban J connectivity index is 2.27. The fourth-order valence-electron chi connectivity index (χ4n) is 1.72. The van der Waals surface area contributed by atoms with Crippen LogP contribution in [0.4, 0.5) is 4.39 Å². The largest absolute Gasteiger partial charge is 0.481 e. The van der Waals surface area contributed by atoms with E-state index in [0.29, 0.717) is 5.56 Å². The lowest BCUT2D eigenvalue weighted by molar-refractivity contribution is -0.138. The number of carboxylic acids is 1. The molecule has 0 aromatic heterocycles. The van der Waals surface area contributed by atoms with Gasteiger partial charge in [-0.1, -0.05) is 35.3 Å². The van der Waals surface area contributed by atoms with Crippen LogP contribution in [0.3, 0.4) is 0 Å². The molecule has 5 heteroatoms. The lowest BCUT2D eigenvalue weighted by atomic mass is 10.1. The number of hydrogen-bond donors (Lipinski definition) is 1. The molecule has 0 spiro atoms. The molecule has 1 aliphatic rings. The summed E-state index contributed by atoms with van der Waals surface area (Å²) in [6, 6.07) is 5.53. The van der Waals surface area contributed by atoms with Crippen LogP contribution >= 0.6 is 23.2 Å². The second-order valence-electron chi connectivity index (χ2n) is 3.52. The Morgan fingerprint density at radius 2 is 1.87 bits per heavy atom. The van der Waals surface area contributed by atoms with Crippen LogP contribution in [-0.2, 0) is 4.79 Å². The molecule has 1 aromatic carbocycles. The van der Waals surface area contributed by atoms with Gasteiger partial charge in [0.25, 0.3) is 0 Å². The highest BCUT2D eigenvalue weighted by atomic mass is 35.5. The van der Waals surface area contributed by atoms with Gasteiger partial charge in [0.1, 0.15) is 10.2 Å². The molecule has 2 atom stereocenters. The quantitative estimate of drug-likeness (QED) is 0.818.